The molecule has 3 rings (SSSR count). The molecule has 2 N–H and O–H groups in total. The van der Waals surface area contributed by atoms with Crippen LogP contribution in [0.2, 0.25) is 0 Å². The molecule has 1 aliphatic heterocycles. The number of pyridine rings is 1. The third-order valence-corrected chi connectivity index (χ3v) is 2.84. The first kappa shape index (κ1) is 11.1. The normalized spacial score (nSPS) is 15.9. The smallest absolute Gasteiger partial charge is 0.245 e. The number of piperazine rings is 1. The molecular formula is C11H13FN6. The summed E-state index contributed by atoms with van der Waals surface area (Å²) in [6, 6.07) is 2.94. The highest BCUT2D eigenvalue weighted by molar-refractivity contribution is 5.50. The van der Waals surface area contributed by atoms with Crippen molar-refractivity contribution in [1.82, 2.24) is 25.5 Å². The van der Waals surface area contributed by atoms with E-state index in [1.807, 2.05) is 0 Å². The van der Waals surface area contributed by atoms with E-state index in [0.717, 1.165) is 26.2 Å². The van der Waals surface area contributed by atoms with Crippen LogP contribution in [0.15, 0.2) is 18.3 Å². The summed E-state index contributed by atoms with van der Waals surface area (Å²) in [4.78, 5) is 10.4. The van der Waals surface area contributed by atoms with Gasteiger partial charge in [0.2, 0.25) is 5.95 Å². The highest BCUT2D eigenvalue weighted by Gasteiger charge is 2.15. The van der Waals surface area contributed by atoms with Gasteiger partial charge in [-0.2, -0.15) is 4.98 Å². The van der Waals surface area contributed by atoms with Gasteiger partial charge in [-0.25, -0.2) is 9.37 Å². The Balaban J connectivity index is 1.82. The molecule has 0 saturated carbocycles. The number of nitrogens with one attached hydrogen (secondary N) is 2. The summed E-state index contributed by atoms with van der Waals surface area (Å²) in [7, 11) is 0. The highest BCUT2D eigenvalue weighted by atomic mass is 19.1. The Bertz CT molecular complexity index is 517. The topological polar surface area (TPSA) is 69.7 Å². The van der Waals surface area contributed by atoms with Crippen LogP contribution in [0.25, 0.3) is 11.5 Å². The number of anilines is 1. The molecule has 0 amide bonds. The molecule has 0 aliphatic carbocycles. The third kappa shape index (κ3) is 2.17. The third-order valence-electron chi connectivity index (χ3n) is 2.84. The van der Waals surface area contributed by atoms with Gasteiger partial charge in [-0.1, -0.05) is 0 Å². The lowest BCUT2D eigenvalue weighted by Gasteiger charge is -2.25. The average molecular weight is 248 g/mol. The van der Waals surface area contributed by atoms with Gasteiger partial charge in [0.05, 0.1) is 6.20 Å². The SMILES string of the molecule is Fc1ccc(-c2nc(N3CCNCC3)n[nH]2)nc1. The Morgan fingerprint density at radius 2 is 2.06 bits per heavy atom. The summed E-state index contributed by atoms with van der Waals surface area (Å²) in [6.07, 6.45) is 1.17. The molecule has 7 heteroatoms. The van der Waals surface area contributed by atoms with Crippen molar-refractivity contribution in [3.05, 3.63) is 24.1 Å². The zero-order valence-electron chi connectivity index (χ0n) is 9.73. The van der Waals surface area contributed by atoms with Crippen molar-refractivity contribution < 1.29 is 4.39 Å². The monoisotopic (exact) mass is 248 g/mol. The van der Waals surface area contributed by atoms with Crippen molar-refractivity contribution in [2.24, 2.45) is 0 Å². The molecule has 0 radical (unpaired) electrons. The Labute approximate surface area is 103 Å². The molecule has 0 aromatic carbocycles. The highest BCUT2D eigenvalue weighted by Crippen LogP contribution is 2.15. The number of rotatable bonds is 2. The van der Waals surface area contributed by atoms with Crippen LogP contribution in [-0.2, 0) is 0 Å². The summed E-state index contributed by atoms with van der Waals surface area (Å²) >= 11 is 0. The number of hydrogen-bond donors (Lipinski definition) is 2. The Hall–Kier alpha value is -2.02. The number of nitrogens with zero attached hydrogens (tertiary/aromatic N) is 4. The van der Waals surface area contributed by atoms with E-state index in [1.165, 1.54) is 12.3 Å². The van der Waals surface area contributed by atoms with E-state index in [0.29, 0.717) is 17.5 Å². The van der Waals surface area contributed by atoms with Crippen molar-refractivity contribution in [1.29, 1.82) is 0 Å². The van der Waals surface area contributed by atoms with Crippen LogP contribution in [-0.4, -0.2) is 46.3 Å². The van der Waals surface area contributed by atoms with Crippen molar-refractivity contribution in [2.45, 2.75) is 0 Å². The Morgan fingerprint density at radius 3 is 2.78 bits per heavy atom. The van der Waals surface area contributed by atoms with Gasteiger partial charge < -0.3 is 10.2 Å². The first-order valence-corrected chi connectivity index (χ1v) is 5.83. The molecular weight excluding hydrogens is 235 g/mol. The van der Waals surface area contributed by atoms with Crippen molar-refractivity contribution in [3.63, 3.8) is 0 Å². The van der Waals surface area contributed by atoms with Crippen LogP contribution in [0, 0.1) is 5.82 Å². The molecule has 6 nitrogen and oxygen atoms in total. The molecule has 1 aliphatic rings. The first-order chi connectivity index (χ1) is 8.83. The Kier molecular flexibility index (Phi) is 2.89. The molecule has 1 fully saturated rings. The second-order valence-electron chi connectivity index (χ2n) is 4.08. The largest absolute Gasteiger partial charge is 0.337 e. The van der Waals surface area contributed by atoms with E-state index in [9.17, 15) is 4.39 Å². The standard InChI is InChI=1S/C11H13FN6/c12-8-1-2-9(14-7-8)10-15-11(17-16-10)18-5-3-13-4-6-18/h1-2,7,13H,3-6H2,(H,15,16,17). The number of halogens is 1. The molecule has 0 bridgehead atoms. The summed E-state index contributed by atoms with van der Waals surface area (Å²) < 4.78 is 12.8. The molecule has 2 aromatic heterocycles. The average Bonchev–Trinajstić information content (AvgIpc) is 2.90. The fraction of sp³-hybridized carbons (Fsp3) is 0.364. The second kappa shape index (κ2) is 4.69. The van der Waals surface area contributed by atoms with E-state index < -0.39 is 0 Å². The molecule has 3 heterocycles. The second-order valence-corrected chi connectivity index (χ2v) is 4.08. The predicted molar refractivity (Wildman–Crippen MR) is 64.7 cm³/mol. The molecule has 18 heavy (non-hydrogen) atoms. The van der Waals surface area contributed by atoms with Crippen LogP contribution in [0.4, 0.5) is 10.3 Å². The number of aromatic amines is 1. The lowest BCUT2D eigenvalue weighted by Crippen LogP contribution is -2.44. The van der Waals surface area contributed by atoms with Gasteiger partial charge in [0.25, 0.3) is 0 Å². The van der Waals surface area contributed by atoms with Crippen molar-refractivity contribution >= 4 is 5.95 Å². The lowest BCUT2D eigenvalue weighted by atomic mass is 10.3. The van der Waals surface area contributed by atoms with E-state index in [1.54, 1.807) is 6.07 Å². The van der Waals surface area contributed by atoms with Gasteiger partial charge in [-0.3, -0.25) is 5.10 Å². The fourth-order valence-corrected chi connectivity index (χ4v) is 1.89. The van der Waals surface area contributed by atoms with Gasteiger partial charge in [-0.05, 0) is 12.1 Å². The van der Waals surface area contributed by atoms with Crippen LogP contribution in [0.5, 0.6) is 0 Å². The van der Waals surface area contributed by atoms with E-state index in [-0.39, 0.29) is 5.82 Å². The Morgan fingerprint density at radius 1 is 1.22 bits per heavy atom. The van der Waals surface area contributed by atoms with Crippen LogP contribution >= 0.6 is 0 Å². The zero-order chi connectivity index (χ0) is 12.4. The molecule has 2 aromatic rings. The lowest BCUT2D eigenvalue weighted by molar-refractivity contribution is 0.580. The molecule has 0 unspecified atom stereocenters. The van der Waals surface area contributed by atoms with Gasteiger partial charge >= 0.3 is 0 Å². The number of hydrogen-bond acceptors (Lipinski definition) is 5. The predicted octanol–water partition coefficient (Wildman–Crippen LogP) is 0.415. The van der Waals surface area contributed by atoms with Crippen LogP contribution in [0.1, 0.15) is 0 Å². The van der Waals surface area contributed by atoms with Crippen molar-refractivity contribution in [2.75, 3.05) is 31.1 Å². The van der Waals surface area contributed by atoms with Gasteiger partial charge in [-0.15, -0.1) is 5.10 Å². The van der Waals surface area contributed by atoms with E-state index in [4.69, 9.17) is 0 Å². The summed E-state index contributed by atoms with van der Waals surface area (Å²) in [5, 5.41) is 10.3. The molecule has 94 valence electrons. The van der Waals surface area contributed by atoms with Gasteiger partial charge in [0.15, 0.2) is 5.82 Å². The minimum Gasteiger partial charge on any atom is -0.337 e. The molecule has 0 spiro atoms. The van der Waals surface area contributed by atoms with E-state index in [2.05, 4.69) is 30.4 Å². The maximum absolute atomic E-state index is 12.8. The first-order valence-electron chi connectivity index (χ1n) is 5.83. The fourth-order valence-electron chi connectivity index (χ4n) is 1.89. The molecule has 0 atom stereocenters. The maximum atomic E-state index is 12.8. The van der Waals surface area contributed by atoms with Gasteiger partial charge in [0.1, 0.15) is 11.5 Å². The van der Waals surface area contributed by atoms with Crippen LogP contribution in [0.3, 0.4) is 0 Å². The summed E-state index contributed by atoms with van der Waals surface area (Å²) in [5.41, 5.74) is 0.588. The quantitative estimate of drug-likeness (QED) is 0.806. The van der Waals surface area contributed by atoms with Gasteiger partial charge in [0, 0.05) is 26.2 Å². The number of aromatic nitrogens is 4. The van der Waals surface area contributed by atoms with Crippen molar-refractivity contribution in [3.8, 4) is 11.5 Å². The summed E-state index contributed by atoms with van der Waals surface area (Å²) in [6.45, 7) is 3.62. The van der Waals surface area contributed by atoms with Crippen LogP contribution < -0.4 is 10.2 Å². The number of H-pyrrole nitrogens is 1. The van der Waals surface area contributed by atoms with E-state index >= 15 is 0 Å². The molecule has 1 saturated heterocycles. The summed E-state index contributed by atoms with van der Waals surface area (Å²) in [5.74, 6) is 0.863. The minimum absolute atomic E-state index is 0.361. The maximum Gasteiger partial charge on any atom is 0.245 e. The zero-order valence-corrected chi connectivity index (χ0v) is 9.73. The minimum atomic E-state index is -0.361.